The molecule has 28 heavy (non-hydrogen) atoms. The van der Waals surface area contributed by atoms with Crippen molar-refractivity contribution in [1.82, 2.24) is 10.2 Å². The Kier molecular flexibility index (Phi) is 5.72. The van der Waals surface area contributed by atoms with Gasteiger partial charge in [-0.15, -0.1) is 0 Å². The fraction of sp³-hybridized carbons (Fsp3) is 0.391. The molecule has 0 bridgehead atoms. The predicted molar refractivity (Wildman–Crippen MR) is 110 cm³/mol. The molecular weight excluding hydrogens is 350 g/mol. The van der Waals surface area contributed by atoms with Gasteiger partial charge in [0.1, 0.15) is 0 Å². The Morgan fingerprint density at radius 1 is 1.00 bits per heavy atom. The van der Waals surface area contributed by atoms with Gasteiger partial charge in [-0.3, -0.25) is 14.5 Å². The van der Waals surface area contributed by atoms with Crippen molar-refractivity contribution in [3.63, 3.8) is 0 Å². The molecule has 2 aromatic rings. The van der Waals surface area contributed by atoms with Gasteiger partial charge < -0.3 is 10.2 Å². The first-order chi connectivity index (χ1) is 13.7. The van der Waals surface area contributed by atoms with Crippen LogP contribution in [0, 0.1) is 0 Å². The maximum Gasteiger partial charge on any atom is 0.251 e. The van der Waals surface area contributed by atoms with E-state index in [2.05, 4.69) is 34.5 Å². The van der Waals surface area contributed by atoms with Crippen molar-refractivity contribution in [3.8, 4) is 0 Å². The summed E-state index contributed by atoms with van der Waals surface area (Å²) in [6.45, 7) is 3.56. The van der Waals surface area contributed by atoms with Gasteiger partial charge in [0.2, 0.25) is 5.91 Å². The van der Waals surface area contributed by atoms with Crippen LogP contribution in [0.1, 0.15) is 41.6 Å². The molecule has 2 amide bonds. The molecule has 2 fully saturated rings. The molecule has 2 aromatic carbocycles. The lowest BCUT2D eigenvalue weighted by Crippen LogP contribution is -2.37. The quantitative estimate of drug-likeness (QED) is 0.871. The van der Waals surface area contributed by atoms with Crippen LogP contribution in [0.15, 0.2) is 54.6 Å². The highest BCUT2D eigenvalue weighted by Gasteiger charge is 2.24. The number of amides is 2. The van der Waals surface area contributed by atoms with Crippen molar-refractivity contribution in [3.05, 3.63) is 65.7 Å². The first-order valence-corrected chi connectivity index (χ1v) is 10.2. The number of benzene rings is 2. The van der Waals surface area contributed by atoms with Crippen LogP contribution in [0.3, 0.4) is 0 Å². The van der Waals surface area contributed by atoms with E-state index >= 15 is 0 Å². The highest BCUT2D eigenvalue weighted by Crippen LogP contribution is 2.21. The molecule has 146 valence electrons. The number of nitrogens with zero attached hydrogens (tertiary/aromatic N) is 2. The third kappa shape index (κ3) is 4.42. The van der Waals surface area contributed by atoms with Gasteiger partial charge in [0.15, 0.2) is 0 Å². The molecule has 1 atom stereocenters. The molecule has 0 aromatic heterocycles. The number of anilines is 1. The van der Waals surface area contributed by atoms with Gasteiger partial charge in [0.25, 0.3) is 5.91 Å². The number of hydrogen-bond donors (Lipinski definition) is 1. The van der Waals surface area contributed by atoms with Crippen molar-refractivity contribution in [2.45, 2.75) is 38.3 Å². The van der Waals surface area contributed by atoms with E-state index in [9.17, 15) is 9.59 Å². The van der Waals surface area contributed by atoms with E-state index in [1.165, 1.54) is 5.56 Å². The lowest BCUT2D eigenvalue weighted by atomic mass is 10.1. The van der Waals surface area contributed by atoms with Gasteiger partial charge in [0, 0.05) is 49.9 Å². The normalized spacial score (nSPS) is 20.4. The summed E-state index contributed by atoms with van der Waals surface area (Å²) >= 11 is 0. The van der Waals surface area contributed by atoms with Crippen LogP contribution in [0.4, 0.5) is 5.69 Å². The average Bonchev–Trinajstić information content (AvgIpc) is 3.16. The summed E-state index contributed by atoms with van der Waals surface area (Å²) in [6.07, 6.45) is 3.59. The third-order valence-corrected chi connectivity index (χ3v) is 5.62. The Morgan fingerprint density at radius 2 is 1.79 bits per heavy atom. The molecule has 5 heteroatoms. The minimum Gasteiger partial charge on any atom is -0.348 e. The zero-order valence-electron chi connectivity index (χ0n) is 16.1. The molecule has 5 nitrogen and oxygen atoms in total. The van der Waals surface area contributed by atoms with Crippen LogP contribution in [0.25, 0.3) is 0 Å². The van der Waals surface area contributed by atoms with Crippen molar-refractivity contribution in [2.75, 3.05) is 24.5 Å². The fourth-order valence-corrected chi connectivity index (χ4v) is 4.08. The van der Waals surface area contributed by atoms with Crippen molar-refractivity contribution >= 4 is 17.5 Å². The van der Waals surface area contributed by atoms with Crippen LogP contribution in [0.2, 0.25) is 0 Å². The Balaban J connectivity index is 1.31. The van der Waals surface area contributed by atoms with E-state index in [4.69, 9.17) is 0 Å². The summed E-state index contributed by atoms with van der Waals surface area (Å²) in [6, 6.07) is 18.0. The summed E-state index contributed by atoms with van der Waals surface area (Å²) < 4.78 is 0. The Bertz CT molecular complexity index is 820. The van der Waals surface area contributed by atoms with Crippen LogP contribution < -0.4 is 10.2 Å². The zero-order chi connectivity index (χ0) is 19.3. The maximum absolute atomic E-state index is 12.6. The third-order valence-electron chi connectivity index (χ3n) is 5.62. The Labute approximate surface area is 166 Å². The lowest BCUT2D eigenvalue weighted by molar-refractivity contribution is -0.119. The fourth-order valence-electron chi connectivity index (χ4n) is 4.08. The van der Waals surface area contributed by atoms with E-state index in [1.54, 1.807) is 0 Å². The van der Waals surface area contributed by atoms with Crippen LogP contribution in [0.5, 0.6) is 0 Å². The second-order valence-corrected chi connectivity index (χ2v) is 7.73. The number of piperidine rings is 1. The number of carbonyl (C=O) groups is 2. The van der Waals surface area contributed by atoms with Crippen molar-refractivity contribution < 1.29 is 9.59 Å². The number of carbonyl (C=O) groups excluding carboxylic acids is 2. The molecule has 0 radical (unpaired) electrons. The predicted octanol–water partition coefficient (Wildman–Crippen LogP) is 3.21. The Morgan fingerprint density at radius 3 is 2.54 bits per heavy atom. The molecular formula is C23H27N3O2. The van der Waals surface area contributed by atoms with Crippen LogP contribution in [-0.2, 0) is 11.3 Å². The van der Waals surface area contributed by atoms with Crippen molar-refractivity contribution in [1.29, 1.82) is 0 Å². The molecule has 2 aliphatic rings. The molecule has 0 unspecified atom stereocenters. The molecule has 0 aliphatic carbocycles. The first kappa shape index (κ1) is 18.7. The monoisotopic (exact) mass is 377 g/mol. The topological polar surface area (TPSA) is 52.7 Å². The number of nitrogens with one attached hydrogen (secondary N) is 1. The molecule has 1 N–H and O–H groups in total. The summed E-state index contributed by atoms with van der Waals surface area (Å²) in [4.78, 5) is 28.9. The minimum atomic E-state index is -0.0388. The standard InChI is InChI=1S/C23H27N3O2/c27-22-8-4-5-14-26(22)21-11-9-19(10-12-21)23(28)24-20-13-15-25(17-20)16-18-6-2-1-3-7-18/h1-3,6-7,9-12,20H,4-5,8,13-17H2,(H,24,28)/t20-/m0/s1. The van der Waals surface area contributed by atoms with E-state index in [-0.39, 0.29) is 17.9 Å². The summed E-state index contributed by atoms with van der Waals surface area (Å²) in [5.74, 6) is 0.135. The molecule has 0 saturated carbocycles. The summed E-state index contributed by atoms with van der Waals surface area (Å²) in [5, 5.41) is 3.16. The number of likely N-dealkylation sites (tertiary alicyclic amines) is 1. The van der Waals surface area contributed by atoms with Gasteiger partial charge in [-0.2, -0.15) is 0 Å². The molecule has 2 saturated heterocycles. The summed E-state index contributed by atoms with van der Waals surface area (Å²) in [7, 11) is 0. The smallest absolute Gasteiger partial charge is 0.251 e. The van der Waals surface area contributed by atoms with Crippen LogP contribution in [-0.4, -0.2) is 42.4 Å². The molecule has 2 aliphatic heterocycles. The molecule has 4 rings (SSSR count). The second kappa shape index (κ2) is 8.57. The maximum atomic E-state index is 12.6. The van der Waals surface area contributed by atoms with Crippen molar-refractivity contribution in [2.24, 2.45) is 0 Å². The van der Waals surface area contributed by atoms with Crippen LogP contribution >= 0.6 is 0 Å². The Hall–Kier alpha value is -2.66. The van der Waals surface area contributed by atoms with Gasteiger partial charge >= 0.3 is 0 Å². The van der Waals surface area contributed by atoms with Gasteiger partial charge in [-0.1, -0.05) is 30.3 Å². The highest BCUT2D eigenvalue weighted by molar-refractivity contribution is 5.97. The molecule has 0 spiro atoms. The number of hydrogen-bond acceptors (Lipinski definition) is 3. The minimum absolute atomic E-state index is 0.0388. The van der Waals surface area contributed by atoms with E-state index in [0.717, 1.165) is 51.1 Å². The van der Waals surface area contributed by atoms with Gasteiger partial charge in [0.05, 0.1) is 0 Å². The molecule has 2 heterocycles. The highest BCUT2D eigenvalue weighted by atomic mass is 16.2. The SMILES string of the molecule is O=C(N[C@H]1CCN(Cc2ccccc2)C1)c1ccc(N2CCCCC2=O)cc1. The second-order valence-electron chi connectivity index (χ2n) is 7.73. The first-order valence-electron chi connectivity index (χ1n) is 10.2. The average molecular weight is 377 g/mol. The summed E-state index contributed by atoms with van der Waals surface area (Å²) in [5.41, 5.74) is 2.84. The van der Waals surface area contributed by atoms with E-state index in [0.29, 0.717) is 12.0 Å². The van der Waals surface area contributed by atoms with Gasteiger partial charge in [-0.05, 0) is 49.1 Å². The van der Waals surface area contributed by atoms with E-state index < -0.39 is 0 Å². The largest absolute Gasteiger partial charge is 0.348 e. The number of rotatable bonds is 5. The van der Waals surface area contributed by atoms with E-state index in [1.807, 2.05) is 35.2 Å². The lowest BCUT2D eigenvalue weighted by Gasteiger charge is -2.26. The van der Waals surface area contributed by atoms with Gasteiger partial charge in [-0.25, -0.2) is 0 Å². The zero-order valence-corrected chi connectivity index (χ0v) is 16.1.